The van der Waals surface area contributed by atoms with E-state index in [-0.39, 0.29) is 24.4 Å². The lowest BCUT2D eigenvalue weighted by atomic mass is 9.98. The summed E-state index contributed by atoms with van der Waals surface area (Å²) in [5, 5.41) is 4.03. The summed E-state index contributed by atoms with van der Waals surface area (Å²) >= 11 is 0. The Morgan fingerprint density at radius 2 is 2.07 bits per heavy atom. The number of aromatic nitrogens is 2. The molecule has 8 heteroatoms. The van der Waals surface area contributed by atoms with E-state index in [1.54, 1.807) is 7.11 Å². The topological polar surface area (TPSA) is 94.5 Å². The first-order valence-electron chi connectivity index (χ1n) is 9.64. The monoisotopic (exact) mass is 406 g/mol. The first-order chi connectivity index (χ1) is 13.1. The number of hydrogen-bond donors (Lipinski definition) is 1. The second-order valence-electron chi connectivity index (χ2n) is 7.56. The Morgan fingerprint density at radius 1 is 1.29 bits per heavy atom. The number of likely N-dealkylation sites (tertiary alicyclic amines) is 1. The first-order valence-corrected chi connectivity index (χ1v) is 9.64. The lowest BCUT2D eigenvalue weighted by Gasteiger charge is -2.18. The number of benzene rings is 1. The number of ether oxygens (including phenoxy) is 1. The number of carbonyl (C=O) groups excluding carboxylic acids is 1. The lowest BCUT2D eigenvalue weighted by Crippen LogP contribution is -2.33. The van der Waals surface area contributed by atoms with Crippen LogP contribution in [-0.2, 0) is 11.2 Å². The molecule has 0 spiro atoms. The van der Waals surface area contributed by atoms with Gasteiger partial charge in [0.15, 0.2) is 0 Å². The van der Waals surface area contributed by atoms with Gasteiger partial charge in [0.05, 0.1) is 7.11 Å². The highest BCUT2D eigenvalue weighted by atomic mass is 35.5. The Hall–Kier alpha value is -2.12. The highest BCUT2D eigenvalue weighted by Gasteiger charge is 2.42. The molecule has 7 nitrogen and oxygen atoms in total. The van der Waals surface area contributed by atoms with Crippen LogP contribution in [0.3, 0.4) is 0 Å². The van der Waals surface area contributed by atoms with Gasteiger partial charge in [-0.15, -0.1) is 12.4 Å². The molecule has 1 aromatic carbocycles. The minimum Gasteiger partial charge on any atom is -0.497 e. The average Bonchev–Trinajstić information content (AvgIpc) is 3.40. The maximum Gasteiger partial charge on any atom is 0.226 e. The summed E-state index contributed by atoms with van der Waals surface area (Å²) in [6, 6.07) is 7.78. The minimum absolute atomic E-state index is 0. The maximum atomic E-state index is 12.5. The molecule has 0 radical (unpaired) electrons. The second-order valence-corrected chi connectivity index (χ2v) is 7.56. The largest absolute Gasteiger partial charge is 0.497 e. The lowest BCUT2D eigenvalue weighted by molar-refractivity contribution is -0.130. The van der Waals surface area contributed by atoms with E-state index in [1.165, 1.54) is 0 Å². The van der Waals surface area contributed by atoms with Crippen molar-refractivity contribution in [2.45, 2.75) is 38.1 Å². The molecule has 2 aliphatic rings. The molecular formula is C20H27ClN4O3. The van der Waals surface area contributed by atoms with Crippen molar-refractivity contribution in [1.82, 2.24) is 15.0 Å². The van der Waals surface area contributed by atoms with Crippen molar-refractivity contribution in [3.63, 3.8) is 0 Å². The van der Waals surface area contributed by atoms with Crippen molar-refractivity contribution in [1.29, 1.82) is 0 Å². The van der Waals surface area contributed by atoms with Crippen molar-refractivity contribution in [3.8, 4) is 17.1 Å². The standard InChI is InChI=1S/C20H26N4O3.ClH/c1-26-15-8-5-13(6-9-15)20-22-18(27-23-20)3-2-4-19(25)24-11-14-7-10-17(21)16(14)12-24;/h5-6,8-9,14,16-17H,2-4,7,10-12,21H2,1H3;1H. The van der Waals surface area contributed by atoms with Crippen LogP contribution >= 0.6 is 12.4 Å². The van der Waals surface area contributed by atoms with Crippen LogP contribution in [0.1, 0.15) is 31.6 Å². The maximum absolute atomic E-state index is 12.5. The predicted molar refractivity (Wildman–Crippen MR) is 107 cm³/mol. The molecule has 2 heterocycles. The van der Waals surface area contributed by atoms with Crippen molar-refractivity contribution >= 4 is 18.3 Å². The molecule has 1 saturated carbocycles. The van der Waals surface area contributed by atoms with E-state index in [1.807, 2.05) is 29.2 Å². The van der Waals surface area contributed by atoms with E-state index in [2.05, 4.69) is 10.1 Å². The molecule has 3 atom stereocenters. The summed E-state index contributed by atoms with van der Waals surface area (Å²) < 4.78 is 10.5. The van der Waals surface area contributed by atoms with E-state index >= 15 is 0 Å². The van der Waals surface area contributed by atoms with Crippen molar-refractivity contribution in [2.75, 3.05) is 20.2 Å². The van der Waals surface area contributed by atoms with Gasteiger partial charge in [0.1, 0.15) is 5.75 Å². The first kappa shape index (κ1) is 20.6. The zero-order chi connectivity index (χ0) is 18.8. The van der Waals surface area contributed by atoms with E-state index in [0.717, 1.165) is 37.2 Å². The number of methoxy groups -OCH3 is 1. The van der Waals surface area contributed by atoms with Crippen molar-refractivity contribution < 1.29 is 14.1 Å². The van der Waals surface area contributed by atoms with Crippen LogP contribution in [0.4, 0.5) is 0 Å². The summed E-state index contributed by atoms with van der Waals surface area (Å²) in [6.45, 7) is 1.70. The molecule has 0 bridgehead atoms. The third-order valence-electron chi connectivity index (χ3n) is 5.86. The molecule has 1 aromatic heterocycles. The Bertz CT molecular complexity index is 795. The van der Waals surface area contributed by atoms with Gasteiger partial charge in [-0.3, -0.25) is 4.79 Å². The Labute approximate surface area is 171 Å². The Morgan fingerprint density at radius 3 is 2.79 bits per heavy atom. The molecule has 28 heavy (non-hydrogen) atoms. The number of amides is 1. The third-order valence-corrected chi connectivity index (χ3v) is 5.86. The molecule has 1 amide bonds. The number of rotatable bonds is 6. The smallest absolute Gasteiger partial charge is 0.226 e. The molecule has 1 aliphatic heterocycles. The number of nitrogens with zero attached hydrogens (tertiary/aromatic N) is 3. The summed E-state index contributed by atoms with van der Waals surface area (Å²) in [7, 11) is 1.63. The fourth-order valence-electron chi connectivity index (χ4n) is 4.27. The van der Waals surface area contributed by atoms with Crippen LogP contribution in [0.15, 0.2) is 28.8 Å². The molecular weight excluding hydrogens is 380 g/mol. The van der Waals surface area contributed by atoms with Gasteiger partial charge in [-0.05, 0) is 55.4 Å². The SMILES string of the molecule is COc1ccc(-c2noc(CCCC(=O)N3CC4CCC(N)C4C3)n2)cc1.Cl. The minimum atomic E-state index is 0. The van der Waals surface area contributed by atoms with Gasteiger partial charge in [0, 0.05) is 37.5 Å². The molecule has 2 aromatic rings. The number of fused-ring (bicyclic) bond motifs is 1. The predicted octanol–water partition coefficient (Wildman–Crippen LogP) is 2.69. The molecule has 2 N–H and O–H groups in total. The average molecular weight is 407 g/mol. The van der Waals surface area contributed by atoms with Crippen LogP contribution in [0, 0.1) is 11.8 Å². The van der Waals surface area contributed by atoms with Crippen LogP contribution in [-0.4, -0.2) is 47.2 Å². The van der Waals surface area contributed by atoms with Crippen LogP contribution in [0.25, 0.3) is 11.4 Å². The number of aryl methyl sites for hydroxylation is 1. The fraction of sp³-hybridized carbons (Fsp3) is 0.550. The van der Waals surface area contributed by atoms with E-state index < -0.39 is 0 Å². The zero-order valence-electron chi connectivity index (χ0n) is 16.0. The molecule has 4 rings (SSSR count). The Kier molecular flexibility index (Phi) is 6.57. The van der Waals surface area contributed by atoms with Gasteiger partial charge in [0.25, 0.3) is 0 Å². The van der Waals surface area contributed by atoms with Gasteiger partial charge < -0.3 is 19.9 Å². The fourth-order valence-corrected chi connectivity index (χ4v) is 4.27. The van der Waals surface area contributed by atoms with E-state index in [4.69, 9.17) is 15.0 Å². The highest BCUT2D eigenvalue weighted by molar-refractivity contribution is 5.85. The number of nitrogens with two attached hydrogens (primary N) is 1. The normalized spacial score (nSPS) is 23.4. The second kappa shape index (κ2) is 8.92. The van der Waals surface area contributed by atoms with Gasteiger partial charge in [-0.2, -0.15) is 4.98 Å². The summed E-state index contributed by atoms with van der Waals surface area (Å²) in [6.07, 6.45) is 4.09. The molecule has 1 saturated heterocycles. The van der Waals surface area contributed by atoms with Crippen molar-refractivity contribution in [3.05, 3.63) is 30.2 Å². The van der Waals surface area contributed by atoms with Crippen LogP contribution < -0.4 is 10.5 Å². The van der Waals surface area contributed by atoms with E-state index in [0.29, 0.717) is 42.8 Å². The quantitative estimate of drug-likeness (QED) is 0.792. The molecule has 3 unspecified atom stereocenters. The zero-order valence-corrected chi connectivity index (χ0v) is 16.9. The molecule has 152 valence electrons. The molecule has 2 fully saturated rings. The van der Waals surface area contributed by atoms with Gasteiger partial charge in [-0.1, -0.05) is 5.16 Å². The van der Waals surface area contributed by atoms with E-state index in [9.17, 15) is 4.79 Å². The van der Waals surface area contributed by atoms with Gasteiger partial charge in [-0.25, -0.2) is 0 Å². The summed E-state index contributed by atoms with van der Waals surface area (Å²) in [4.78, 5) is 18.9. The highest BCUT2D eigenvalue weighted by Crippen LogP contribution is 2.37. The Balaban J connectivity index is 0.00000225. The third kappa shape index (κ3) is 4.31. The van der Waals surface area contributed by atoms with Crippen LogP contribution in [0.5, 0.6) is 5.75 Å². The summed E-state index contributed by atoms with van der Waals surface area (Å²) in [5.41, 5.74) is 7.03. The summed E-state index contributed by atoms with van der Waals surface area (Å²) in [5.74, 6) is 3.22. The number of halogens is 1. The van der Waals surface area contributed by atoms with Gasteiger partial charge >= 0.3 is 0 Å². The number of carbonyl (C=O) groups is 1. The van der Waals surface area contributed by atoms with Gasteiger partial charge in [0.2, 0.25) is 17.6 Å². The van der Waals surface area contributed by atoms with Crippen molar-refractivity contribution in [2.24, 2.45) is 17.6 Å². The molecule has 1 aliphatic carbocycles. The van der Waals surface area contributed by atoms with Crippen LogP contribution in [0.2, 0.25) is 0 Å². The number of hydrogen-bond acceptors (Lipinski definition) is 6.